The number of likely N-dealkylation sites (N-methyl/N-ethyl adjacent to an activating group) is 1. The molecule has 1 aromatic heterocycles. The summed E-state index contributed by atoms with van der Waals surface area (Å²) in [5.74, 6) is 0.929. The molecule has 0 atom stereocenters. The van der Waals surface area contributed by atoms with Gasteiger partial charge in [0.25, 0.3) is 0 Å². The number of ether oxygens (including phenoxy) is 2. The van der Waals surface area contributed by atoms with E-state index < -0.39 is 0 Å². The van der Waals surface area contributed by atoms with Crippen molar-refractivity contribution in [3.05, 3.63) is 60.4 Å². The van der Waals surface area contributed by atoms with Crippen molar-refractivity contribution in [2.75, 3.05) is 51.1 Å². The minimum atomic E-state index is -0.240. The monoisotopic (exact) mass is 449 g/mol. The first-order valence-corrected chi connectivity index (χ1v) is 10.9. The fraction of sp³-hybridized carbons (Fsp3) is 0.320. The van der Waals surface area contributed by atoms with Crippen LogP contribution in [0.3, 0.4) is 0 Å². The van der Waals surface area contributed by atoms with Crippen LogP contribution >= 0.6 is 0 Å². The molecular weight excluding hydrogens is 418 g/mol. The number of rotatable bonds is 11. The number of nitrogens with one attached hydrogen (secondary N) is 2. The summed E-state index contributed by atoms with van der Waals surface area (Å²) in [7, 11) is 3.89. The molecule has 1 amide bonds. The maximum atomic E-state index is 12.5. The van der Waals surface area contributed by atoms with Crippen LogP contribution in [-0.4, -0.2) is 61.2 Å². The van der Waals surface area contributed by atoms with E-state index in [0.717, 1.165) is 16.6 Å². The third-order valence-electron chi connectivity index (χ3n) is 4.70. The number of hydrogen-bond acceptors (Lipinski definition) is 7. The van der Waals surface area contributed by atoms with Gasteiger partial charge in [0, 0.05) is 36.4 Å². The summed E-state index contributed by atoms with van der Waals surface area (Å²) in [6.45, 7) is 6.06. The molecule has 0 spiro atoms. The lowest BCUT2D eigenvalue weighted by atomic mass is 10.1. The summed E-state index contributed by atoms with van der Waals surface area (Å²) >= 11 is 0. The van der Waals surface area contributed by atoms with Gasteiger partial charge in [-0.25, -0.2) is 9.97 Å². The van der Waals surface area contributed by atoms with Gasteiger partial charge in [-0.2, -0.15) is 0 Å². The second-order valence-electron chi connectivity index (χ2n) is 7.78. The van der Waals surface area contributed by atoms with Crippen LogP contribution in [0.1, 0.15) is 12.5 Å². The van der Waals surface area contributed by atoms with Crippen LogP contribution < -0.4 is 15.4 Å². The van der Waals surface area contributed by atoms with E-state index in [2.05, 4.69) is 20.6 Å². The molecular formula is C25H31N5O3. The molecule has 8 nitrogen and oxygen atoms in total. The molecule has 3 rings (SSSR count). The second-order valence-corrected chi connectivity index (χ2v) is 7.78. The van der Waals surface area contributed by atoms with Gasteiger partial charge in [0.15, 0.2) is 0 Å². The lowest BCUT2D eigenvalue weighted by Crippen LogP contribution is -2.14. The Bertz CT molecular complexity index is 1110. The largest absolute Gasteiger partial charge is 0.489 e. The molecule has 0 bridgehead atoms. The minimum absolute atomic E-state index is 0.240. The van der Waals surface area contributed by atoms with E-state index >= 15 is 0 Å². The minimum Gasteiger partial charge on any atom is -0.489 e. The number of carbonyl (C=O) groups is 1. The first-order chi connectivity index (χ1) is 16.0. The van der Waals surface area contributed by atoms with E-state index in [1.165, 1.54) is 12.4 Å². The third kappa shape index (κ3) is 7.27. The Morgan fingerprint density at radius 3 is 2.76 bits per heavy atom. The number of amides is 1. The van der Waals surface area contributed by atoms with Crippen LogP contribution in [0.5, 0.6) is 5.75 Å². The predicted molar refractivity (Wildman–Crippen MR) is 132 cm³/mol. The Kier molecular flexibility index (Phi) is 8.74. The highest BCUT2D eigenvalue weighted by atomic mass is 16.5. The van der Waals surface area contributed by atoms with Crippen LogP contribution in [0.4, 0.5) is 17.2 Å². The van der Waals surface area contributed by atoms with E-state index in [1.807, 2.05) is 69.2 Å². The molecule has 0 aliphatic carbocycles. The molecule has 0 unspecified atom stereocenters. The van der Waals surface area contributed by atoms with Gasteiger partial charge in [0.05, 0.1) is 17.8 Å². The zero-order valence-electron chi connectivity index (χ0n) is 19.6. The number of fused-ring (bicyclic) bond motifs is 1. The fourth-order valence-electron chi connectivity index (χ4n) is 3.16. The zero-order chi connectivity index (χ0) is 23.6. The van der Waals surface area contributed by atoms with Crippen LogP contribution in [0.2, 0.25) is 0 Å². The lowest BCUT2D eigenvalue weighted by Gasteiger charge is -2.15. The standard InChI is InChI=1S/C25H31N5O3/c1-5-32-12-13-33-23-16-21-20(15-22(23)29-24(31)10-7-11-30(3)4)25(27-17-26-21)28-19-9-6-8-18(2)14-19/h6-10,14-17H,5,11-13H2,1-4H3,(H,29,31)(H,26,27,28)/b10-7+. The van der Waals surface area contributed by atoms with Gasteiger partial charge in [-0.3, -0.25) is 4.79 Å². The molecule has 0 aliphatic heterocycles. The first-order valence-electron chi connectivity index (χ1n) is 10.9. The number of benzene rings is 2. The molecule has 3 aromatic rings. The van der Waals surface area contributed by atoms with Gasteiger partial charge < -0.3 is 25.0 Å². The van der Waals surface area contributed by atoms with Gasteiger partial charge in [0.2, 0.25) is 5.91 Å². The number of nitrogens with zero attached hydrogens (tertiary/aromatic N) is 3. The molecule has 0 radical (unpaired) electrons. The van der Waals surface area contributed by atoms with Gasteiger partial charge >= 0.3 is 0 Å². The lowest BCUT2D eigenvalue weighted by molar-refractivity contribution is -0.111. The van der Waals surface area contributed by atoms with Gasteiger partial charge in [-0.15, -0.1) is 0 Å². The van der Waals surface area contributed by atoms with Crippen LogP contribution in [0.15, 0.2) is 54.9 Å². The van der Waals surface area contributed by atoms with Crippen molar-refractivity contribution in [3.8, 4) is 5.75 Å². The van der Waals surface area contributed by atoms with Gasteiger partial charge in [-0.1, -0.05) is 18.2 Å². The Labute approximate surface area is 194 Å². The maximum Gasteiger partial charge on any atom is 0.248 e. The molecule has 2 aromatic carbocycles. The second kappa shape index (κ2) is 11.9. The van der Waals surface area contributed by atoms with Crippen molar-refractivity contribution >= 4 is 34.0 Å². The Morgan fingerprint density at radius 1 is 1.15 bits per heavy atom. The van der Waals surface area contributed by atoms with E-state index in [4.69, 9.17) is 9.47 Å². The smallest absolute Gasteiger partial charge is 0.248 e. The first kappa shape index (κ1) is 24.2. The topological polar surface area (TPSA) is 88.6 Å². The average Bonchev–Trinajstić information content (AvgIpc) is 2.77. The van der Waals surface area contributed by atoms with Crippen LogP contribution in [0.25, 0.3) is 10.9 Å². The quantitative estimate of drug-likeness (QED) is 0.336. The number of carbonyl (C=O) groups excluding carboxylic acids is 1. The highest BCUT2D eigenvalue weighted by molar-refractivity contribution is 6.03. The van der Waals surface area contributed by atoms with E-state index in [9.17, 15) is 4.79 Å². The van der Waals surface area contributed by atoms with Gasteiger partial charge in [0.1, 0.15) is 24.5 Å². The third-order valence-corrected chi connectivity index (χ3v) is 4.70. The zero-order valence-corrected chi connectivity index (χ0v) is 19.6. The fourth-order valence-corrected chi connectivity index (χ4v) is 3.16. The normalized spacial score (nSPS) is 11.3. The molecule has 0 fully saturated rings. The number of aromatic nitrogens is 2. The average molecular weight is 450 g/mol. The molecule has 8 heteroatoms. The molecule has 2 N–H and O–H groups in total. The molecule has 0 aliphatic rings. The molecule has 33 heavy (non-hydrogen) atoms. The Morgan fingerprint density at radius 2 is 2.00 bits per heavy atom. The highest BCUT2D eigenvalue weighted by Crippen LogP contribution is 2.33. The number of hydrogen-bond donors (Lipinski definition) is 2. The van der Waals surface area contributed by atoms with Gasteiger partial charge in [-0.05, 0) is 51.7 Å². The van der Waals surface area contributed by atoms with E-state index in [1.54, 1.807) is 6.08 Å². The molecule has 174 valence electrons. The van der Waals surface area contributed by atoms with E-state index in [-0.39, 0.29) is 5.91 Å². The van der Waals surface area contributed by atoms with E-state index in [0.29, 0.717) is 49.1 Å². The number of anilines is 3. The maximum absolute atomic E-state index is 12.5. The van der Waals surface area contributed by atoms with Crippen molar-refractivity contribution < 1.29 is 14.3 Å². The van der Waals surface area contributed by atoms with Crippen molar-refractivity contribution in [1.29, 1.82) is 0 Å². The van der Waals surface area contributed by atoms with Crippen molar-refractivity contribution in [3.63, 3.8) is 0 Å². The summed E-state index contributed by atoms with van der Waals surface area (Å²) in [6, 6.07) is 11.7. The van der Waals surface area contributed by atoms with Crippen molar-refractivity contribution in [2.45, 2.75) is 13.8 Å². The SMILES string of the molecule is CCOCCOc1cc2ncnc(Nc3cccc(C)c3)c2cc1NC(=O)/C=C/CN(C)C. The summed E-state index contributed by atoms with van der Waals surface area (Å²) in [4.78, 5) is 23.3. The van der Waals surface area contributed by atoms with Crippen molar-refractivity contribution in [2.24, 2.45) is 0 Å². The summed E-state index contributed by atoms with van der Waals surface area (Å²) in [5, 5.41) is 7.04. The van der Waals surface area contributed by atoms with Crippen LogP contribution in [0, 0.1) is 6.92 Å². The summed E-state index contributed by atoms with van der Waals surface area (Å²) < 4.78 is 11.3. The molecule has 0 saturated carbocycles. The molecule has 0 saturated heterocycles. The van der Waals surface area contributed by atoms with Crippen molar-refractivity contribution in [1.82, 2.24) is 14.9 Å². The van der Waals surface area contributed by atoms with Crippen LogP contribution in [-0.2, 0) is 9.53 Å². The molecule has 1 heterocycles. The predicted octanol–water partition coefficient (Wildman–Crippen LogP) is 4.15. The summed E-state index contributed by atoms with van der Waals surface area (Å²) in [6.07, 6.45) is 4.83. The number of aryl methyl sites for hydroxylation is 1. The summed E-state index contributed by atoms with van der Waals surface area (Å²) in [5.41, 5.74) is 3.30. The highest BCUT2D eigenvalue weighted by Gasteiger charge is 2.13. The Balaban J connectivity index is 1.93. The Hall–Kier alpha value is -3.49.